The molecule has 25 heavy (non-hydrogen) atoms. The van der Waals surface area contributed by atoms with E-state index in [1.807, 2.05) is 0 Å². The van der Waals surface area contributed by atoms with Crippen LogP contribution in [0.15, 0.2) is 54.6 Å². The third kappa shape index (κ3) is 3.95. The third-order valence-electron chi connectivity index (χ3n) is 3.45. The summed E-state index contributed by atoms with van der Waals surface area (Å²) in [5.74, 6) is 0.0549. The molecule has 0 aliphatic carbocycles. The average molecular weight is 342 g/mol. The Labute approximate surface area is 141 Å². The van der Waals surface area contributed by atoms with Crippen LogP contribution in [0.25, 0.3) is 23.1 Å². The number of hydrogen-bond acceptors (Lipinski definition) is 4. The first-order chi connectivity index (χ1) is 12.0. The molecule has 7 heteroatoms. The predicted molar refractivity (Wildman–Crippen MR) is 90.4 cm³/mol. The van der Waals surface area contributed by atoms with Gasteiger partial charge in [-0.3, -0.25) is 10.1 Å². The molecule has 0 spiro atoms. The zero-order chi connectivity index (χ0) is 17.8. The van der Waals surface area contributed by atoms with Gasteiger partial charge in [0.2, 0.25) is 0 Å². The van der Waals surface area contributed by atoms with E-state index >= 15 is 0 Å². The van der Waals surface area contributed by atoms with Crippen LogP contribution in [0.1, 0.15) is 11.3 Å². The number of nitro benzene ring substituents is 1. The third-order valence-corrected chi connectivity index (χ3v) is 3.45. The van der Waals surface area contributed by atoms with E-state index < -0.39 is 11.5 Å². The summed E-state index contributed by atoms with van der Waals surface area (Å²) in [6.07, 6.45) is 3.32. The zero-order valence-corrected chi connectivity index (χ0v) is 12.8. The number of hydrogen-bond donors (Lipinski definition) is 0. The molecule has 3 rings (SSSR count). The van der Waals surface area contributed by atoms with Crippen LogP contribution >= 0.6 is 0 Å². The molecule has 0 radical (unpaired) electrons. The standard InChI is InChI=1S/C18H12F2N2O3/c19-18(20)25-15-5-1-3-12(11-15)7-9-14-10-8-13-4-2-6-16(22(23)24)17(13)21-14/h1-11,18H. The summed E-state index contributed by atoms with van der Waals surface area (Å²) in [4.78, 5) is 14.9. The highest BCUT2D eigenvalue weighted by molar-refractivity contribution is 5.88. The van der Waals surface area contributed by atoms with Crippen LogP contribution in [0.3, 0.4) is 0 Å². The van der Waals surface area contributed by atoms with Gasteiger partial charge >= 0.3 is 6.61 Å². The van der Waals surface area contributed by atoms with Gasteiger partial charge in [0.15, 0.2) is 0 Å². The largest absolute Gasteiger partial charge is 0.435 e. The summed E-state index contributed by atoms with van der Waals surface area (Å²) < 4.78 is 28.8. The smallest absolute Gasteiger partial charge is 0.387 e. The van der Waals surface area contributed by atoms with Crippen LogP contribution in [0.4, 0.5) is 14.5 Å². The minimum Gasteiger partial charge on any atom is -0.435 e. The fourth-order valence-corrected chi connectivity index (χ4v) is 2.36. The second kappa shape index (κ2) is 7.04. The summed E-state index contributed by atoms with van der Waals surface area (Å²) >= 11 is 0. The summed E-state index contributed by atoms with van der Waals surface area (Å²) in [6.45, 7) is -2.89. The second-order valence-electron chi connectivity index (χ2n) is 5.13. The van der Waals surface area contributed by atoms with E-state index in [1.165, 1.54) is 18.2 Å². The second-order valence-corrected chi connectivity index (χ2v) is 5.13. The van der Waals surface area contributed by atoms with Crippen molar-refractivity contribution >= 4 is 28.7 Å². The number of fused-ring (bicyclic) bond motifs is 1. The van der Waals surface area contributed by atoms with Gasteiger partial charge in [-0.25, -0.2) is 4.98 Å². The first-order valence-corrected chi connectivity index (χ1v) is 7.30. The van der Waals surface area contributed by atoms with E-state index in [2.05, 4.69) is 9.72 Å². The molecule has 0 aliphatic rings. The minimum atomic E-state index is -2.89. The van der Waals surface area contributed by atoms with Crippen molar-refractivity contribution in [2.45, 2.75) is 6.61 Å². The Morgan fingerprint density at radius 1 is 1.08 bits per heavy atom. The predicted octanol–water partition coefficient (Wildman–Crippen LogP) is 4.91. The van der Waals surface area contributed by atoms with Gasteiger partial charge in [0, 0.05) is 11.5 Å². The Hall–Kier alpha value is -3.35. The van der Waals surface area contributed by atoms with E-state index in [4.69, 9.17) is 0 Å². The lowest BCUT2D eigenvalue weighted by molar-refractivity contribution is -0.383. The highest BCUT2D eigenvalue weighted by atomic mass is 19.3. The summed E-state index contributed by atoms with van der Waals surface area (Å²) in [5.41, 5.74) is 1.38. The quantitative estimate of drug-likeness (QED) is 0.488. The molecular weight excluding hydrogens is 330 g/mol. The van der Waals surface area contributed by atoms with Crippen molar-refractivity contribution in [3.8, 4) is 5.75 Å². The van der Waals surface area contributed by atoms with E-state index in [1.54, 1.807) is 48.6 Å². The van der Waals surface area contributed by atoms with Gasteiger partial charge in [0.05, 0.1) is 10.6 Å². The van der Waals surface area contributed by atoms with Gasteiger partial charge < -0.3 is 4.74 Å². The van der Waals surface area contributed by atoms with Gasteiger partial charge in [-0.1, -0.05) is 36.4 Å². The number of ether oxygens (including phenoxy) is 1. The van der Waals surface area contributed by atoms with E-state index in [0.717, 1.165) is 0 Å². The number of aromatic nitrogens is 1. The van der Waals surface area contributed by atoms with Gasteiger partial charge in [-0.05, 0) is 29.8 Å². The van der Waals surface area contributed by atoms with Crippen LogP contribution in [0, 0.1) is 10.1 Å². The maximum absolute atomic E-state index is 12.2. The molecule has 0 atom stereocenters. The Kier molecular flexibility index (Phi) is 4.65. The van der Waals surface area contributed by atoms with Crippen LogP contribution in [-0.2, 0) is 0 Å². The van der Waals surface area contributed by atoms with Gasteiger partial charge in [0.25, 0.3) is 5.69 Å². The number of alkyl halides is 2. The number of rotatable bonds is 5. The molecule has 126 valence electrons. The van der Waals surface area contributed by atoms with Crippen LogP contribution in [0.2, 0.25) is 0 Å². The molecular formula is C18H12F2N2O3. The molecule has 0 amide bonds. The van der Waals surface area contributed by atoms with Crippen molar-refractivity contribution in [2.75, 3.05) is 0 Å². The molecule has 5 nitrogen and oxygen atoms in total. The number of para-hydroxylation sites is 1. The molecule has 3 aromatic rings. The monoisotopic (exact) mass is 342 g/mol. The number of pyridine rings is 1. The molecule has 0 unspecified atom stereocenters. The normalized spacial score (nSPS) is 11.3. The van der Waals surface area contributed by atoms with Crippen molar-refractivity contribution < 1.29 is 18.4 Å². The molecule has 1 heterocycles. The number of benzene rings is 2. The van der Waals surface area contributed by atoms with Gasteiger partial charge in [-0.2, -0.15) is 8.78 Å². The van der Waals surface area contributed by atoms with Gasteiger partial charge in [0.1, 0.15) is 11.3 Å². The van der Waals surface area contributed by atoms with Crippen LogP contribution in [-0.4, -0.2) is 16.5 Å². The Morgan fingerprint density at radius 2 is 1.88 bits per heavy atom. The van der Waals surface area contributed by atoms with Crippen molar-refractivity contribution in [3.63, 3.8) is 0 Å². The Morgan fingerprint density at radius 3 is 2.64 bits per heavy atom. The molecule has 1 aromatic heterocycles. The lowest BCUT2D eigenvalue weighted by atomic mass is 10.1. The zero-order valence-electron chi connectivity index (χ0n) is 12.8. The minimum absolute atomic E-state index is 0.0549. The SMILES string of the molecule is O=[N+]([O-])c1cccc2ccc(C=Cc3cccc(OC(F)F)c3)nc12. The summed E-state index contributed by atoms with van der Waals surface area (Å²) in [7, 11) is 0. The number of nitro groups is 1. The highest BCUT2D eigenvalue weighted by Gasteiger charge is 2.12. The molecule has 0 saturated heterocycles. The van der Waals surface area contributed by atoms with Crippen molar-refractivity contribution in [1.29, 1.82) is 0 Å². The maximum atomic E-state index is 12.2. The molecule has 2 aromatic carbocycles. The first-order valence-electron chi connectivity index (χ1n) is 7.30. The lowest BCUT2D eigenvalue weighted by Gasteiger charge is -2.04. The number of non-ortho nitro benzene ring substituents is 1. The Balaban J connectivity index is 1.91. The fourth-order valence-electron chi connectivity index (χ4n) is 2.36. The lowest BCUT2D eigenvalue weighted by Crippen LogP contribution is -2.01. The van der Waals surface area contributed by atoms with Crippen LogP contribution < -0.4 is 4.74 Å². The Bertz CT molecular complexity index is 958. The fraction of sp³-hybridized carbons (Fsp3) is 0.0556. The van der Waals surface area contributed by atoms with E-state index in [0.29, 0.717) is 22.2 Å². The molecule has 0 saturated carbocycles. The van der Waals surface area contributed by atoms with Crippen molar-refractivity contribution in [2.24, 2.45) is 0 Å². The topological polar surface area (TPSA) is 65.3 Å². The molecule has 0 aliphatic heterocycles. The number of nitrogens with zero attached hydrogens (tertiary/aromatic N) is 2. The average Bonchev–Trinajstić information content (AvgIpc) is 2.59. The first kappa shape index (κ1) is 16.5. The van der Waals surface area contributed by atoms with Crippen molar-refractivity contribution in [1.82, 2.24) is 4.98 Å². The number of halogens is 2. The molecule has 0 N–H and O–H groups in total. The summed E-state index contributed by atoms with van der Waals surface area (Å²) in [5, 5.41) is 11.8. The van der Waals surface area contributed by atoms with E-state index in [-0.39, 0.29) is 11.4 Å². The van der Waals surface area contributed by atoms with Gasteiger partial charge in [-0.15, -0.1) is 0 Å². The van der Waals surface area contributed by atoms with Crippen molar-refractivity contribution in [3.05, 3.63) is 76.0 Å². The summed E-state index contributed by atoms with van der Waals surface area (Å²) in [6, 6.07) is 14.4. The van der Waals surface area contributed by atoms with E-state index in [9.17, 15) is 18.9 Å². The molecule has 0 fully saturated rings. The molecule has 0 bridgehead atoms. The van der Waals surface area contributed by atoms with Crippen LogP contribution in [0.5, 0.6) is 5.75 Å². The maximum Gasteiger partial charge on any atom is 0.387 e. The highest BCUT2D eigenvalue weighted by Crippen LogP contribution is 2.24.